The maximum atomic E-state index is 13.6. The highest BCUT2D eigenvalue weighted by atomic mass is 19.1. The number of carbonyl (C=O) groups is 1. The predicted molar refractivity (Wildman–Crippen MR) is 75.0 cm³/mol. The van der Waals surface area contributed by atoms with E-state index < -0.39 is 11.7 Å². The Morgan fingerprint density at radius 3 is 2.85 bits per heavy atom. The van der Waals surface area contributed by atoms with Gasteiger partial charge in [0.25, 0.3) is 5.91 Å². The number of halogens is 1. The smallest absolute Gasteiger partial charge is 0.254 e. The minimum atomic E-state index is -0.596. The van der Waals surface area contributed by atoms with Gasteiger partial charge in [0.1, 0.15) is 5.82 Å². The van der Waals surface area contributed by atoms with Crippen molar-refractivity contribution in [2.75, 3.05) is 38.6 Å². The molecule has 110 valence electrons. The molecule has 0 saturated carbocycles. The van der Waals surface area contributed by atoms with E-state index in [1.807, 2.05) is 6.92 Å². The zero-order valence-corrected chi connectivity index (χ0v) is 11.6. The Balaban J connectivity index is 1.89. The van der Waals surface area contributed by atoms with Crippen LogP contribution in [0.2, 0.25) is 0 Å². The largest absolute Gasteiger partial charge is 0.399 e. The third kappa shape index (κ3) is 3.91. The molecule has 5 nitrogen and oxygen atoms in total. The summed E-state index contributed by atoms with van der Waals surface area (Å²) in [6.07, 6.45) is 0. The maximum Gasteiger partial charge on any atom is 0.254 e. The molecule has 1 aliphatic heterocycles. The molecule has 6 heteroatoms. The zero-order chi connectivity index (χ0) is 14.5. The molecule has 0 aliphatic carbocycles. The molecule has 1 aromatic rings. The summed E-state index contributed by atoms with van der Waals surface area (Å²) < 4.78 is 18.9. The van der Waals surface area contributed by atoms with Gasteiger partial charge in [0.15, 0.2) is 0 Å². The summed E-state index contributed by atoms with van der Waals surface area (Å²) in [5.41, 5.74) is 5.79. The highest BCUT2D eigenvalue weighted by molar-refractivity contribution is 5.95. The Morgan fingerprint density at radius 1 is 1.50 bits per heavy atom. The number of nitrogens with two attached hydrogens (primary N) is 1. The van der Waals surface area contributed by atoms with Gasteiger partial charge in [-0.15, -0.1) is 0 Å². The van der Waals surface area contributed by atoms with Crippen molar-refractivity contribution in [3.63, 3.8) is 0 Å². The number of amides is 1. The molecule has 1 atom stereocenters. The van der Waals surface area contributed by atoms with Gasteiger partial charge in [0.2, 0.25) is 0 Å². The third-order valence-corrected chi connectivity index (χ3v) is 3.25. The van der Waals surface area contributed by atoms with E-state index in [1.54, 1.807) is 0 Å². The van der Waals surface area contributed by atoms with Crippen LogP contribution < -0.4 is 11.1 Å². The molecule has 1 aromatic carbocycles. The van der Waals surface area contributed by atoms with Crippen LogP contribution in [0.15, 0.2) is 18.2 Å². The summed E-state index contributed by atoms with van der Waals surface area (Å²) in [4.78, 5) is 14.2. The Bertz CT molecular complexity index is 475. The van der Waals surface area contributed by atoms with E-state index in [4.69, 9.17) is 10.5 Å². The van der Waals surface area contributed by atoms with E-state index in [1.165, 1.54) is 12.1 Å². The quantitative estimate of drug-likeness (QED) is 0.803. The summed E-state index contributed by atoms with van der Waals surface area (Å²) >= 11 is 0. The first-order chi connectivity index (χ1) is 9.56. The number of benzene rings is 1. The molecule has 0 radical (unpaired) electrons. The number of ether oxygens (including phenoxy) is 1. The van der Waals surface area contributed by atoms with Crippen LogP contribution in [0.4, 0.5) is 10.1 Å². The summed E-state index contributed by atoms with van der Waals surface area (Å²) in [6.45, 7) is 5.78. The van der Waals surface area contributed by atoms with E-state index in [0.29, 0.717) is 18.9 Å². The fraction of sp³-hybridized carbons (Fsp3) is 0.500. The first kappa shape index (κ1) is 14.7. The van der Waals surface area contributed by atoms with Gasteiger partial charge < -0.3 is 15.8 Å². The van der Waals surface area contributed by atoms with Gasteiger partial charge in [0, 0.05) is 31.4 Å². The summed E-state index contributed by atoms with van der Waals surface area (Å²) in [5.74, 6) is -1.01. The SMILES string of the molecule is CC(CN1CCOCC1)NC(=O)c1ccc(N)cc1F. The normalized spacial score (nSPS) is 17.7. The van der Waals surface area contributed by atoms with Gasteiger partial charge in [-0.2, -0.15) is 0 Å². The Labute approximate surface area is 117 Å². The molecule has 0 bridgehead atoms. The fourth-order valence-corrected chi connectivity index (χ4v) is 2.23. The first-order valence-electron chi connectivity index (χ1n) is 6.72. The number of hydrogen-bond donors (Lipinski definition) is 2. The van der Waals surface area contributed by atoms with E-state index in [9.17, 15) is 9.18 Å². The van der Waals surface area contributed by atoms with E-state index in [0.717, 1.165) is 25.7 Å². The van der Waals surface area contributed by atoms with Crippen molar-refractivity contribution >= 4 is 11.6 Å². The minimum absolute atomic E-state index is 0.0213. The molecule has 2 rings (SSSR count). The second-order valence-electron chi connectivity index (χ2n) is 5.03. The average Bonchev–Trinajstić information content (AvgIpc) is 2.39. The number of rotatable bonds is 4. The van der Waals surface area contributed by atoms with Crippen LogP contribution in [-0.2, 0) is 4.74 Å². The van der Waals surface area contributed by atoms with Gasteiger partial charge in [-0.1, -0.05) is 0 Å². The summed E-state index contributed by atoms with van der Waals surface area (Å²) in [5, 5.41) is 2.80. The lowest BCUT2D eigenvalue weighted by Crippen LogP contribution is -2.46. The highest BCUT2D eigenvalue weighted by Gasteiger charge is 2.17. The number of anilines is 1. The van der Waals surface area contributed by atoms with Crippen LogP contribution >= 0.6 is 0 Å². The second kappa shape index (κ2) is 6.67. The number of nitrogens with one attached hydrogen (secondary N) is 1. The molecule has 1 heterocycles. The zero-order valence-electron chi connectivity index (χ0n) is 11.6. The Morgan fingerprint density at radius 2 is 2.20 bits per heavy atom. The van der Waals surface area contributed by atoms with E-state index >= 15 is 0 Å². The van der Waals surface area contributed by atoms with Gasteiger partial charge in [-0.25, -0.2) is 4.39 Å². The van der Waals surface area contributed by atoms with Gasteiger partial charge in [-0.05, 0) is 25.1 Å². The van der Waals surface area contributed by atoms with Crippen molar-refractivity contribution in [1.29, 1.82) is 0 Å². The third-order valence-electron chi connectivity index (χ3n) is 3.25. The lowest BCUT2D eigenvalue weighted by Gasteiger charge is -2.29. The number of nitrogens with zero attached hydrogens (tertiary/aromatic N) is 1. The number of nitrogen functional groups attached to an aromatic ring is 1. The van der Waals surface area contributed by atoms with Crippen LogP contribution in [0, 0.1) is 5.82 Å². The number of morpholine rings is 1. The monoisotopic (exact) mass is 281 g/mol. The lowest BCUT2D eigenvalue weighted by molar-refractivity contribution is 0.0342. The van der Waals surface area contributed by atoms with Crippen LogP contribution in [0.3, 0.4) is 0 Å². The molecule has 20 heavy (non-hydrogen) atoms. The molecular formula is C14H20FN3O2. The molecule has 1 amide bonds. The molecule has 3 N–H and O–H groups in total. The van der Waals surface area contributed by atoms with Crippen molar-refractivity contribution in [2.45, 2.75) is 13.0 Å². The van der Waals surface area contributed by atoms with Crippen molar-refractivity contribution in [3.8, 4) is 0 Å². The van der Waals surface area contributed by atoms with Gasteiger partial charge >= 0.3 is 0 Å². The fourth-order valence-electron chi connectivity index (χ4n) is 2.23. The van der Waals surface area contributed by atoms with Crippen LogP contribution in [0.1, 0.15) is 17.3 Å². The van der Waals surface area contributed by atoms with Crippen LogP contribution in [0.5, 0.6) is 0 Å². The molecule has 1 fully saturated rings. The highest BCUT2D eigenvalue weighted by Crippen LogP contribution is 2.12. The van der Waals surface area contributed by atoms with Crippen LogP contribution in [-0.4, -0.2) is 49.7 Å². The van der Waals surface area contributed by atoms with Crippen molar-refractivity contribution < 1.29 is 13.9 Å². The molecule has 1 aliphatic rings. The minimum Gasteiger partial charge on any atom is -0.399 e. The topological polar surface area (TPSA) is 67.6 Å². The van der Waals surface area contributed by atoms with Crippen molar-refractivity contribution in [3.05, 3.63) is 29.6 Å². The predicted octanol–water partition coefficient (Wildman–Crippen LogP) is 0.858. The molecule has 1 saturated heterocycles. The van der Waals surface area contributed by atoms with Gasteiger partial charge in [0.05, 0.1) is 18.8 Å². The molecular weight excluding hydrogens is 261 g/mol. The summed E-state index contributed by atoms with van der Waals surface area (Å²) in [7, 11) is 0. The van der Waals surface area contributed by atoms with Crippen molar-refractivity contribution in [1.82, 2.24) is 10.2 Å². The van der Waals surface area contributed by atoms with E-state index in [2.05, 4.69) is 10.2 Å². The Kier molecular flexibility index (Phi) is 4.92. The molecule has 0 aromatic heterocycles. The molecule has 0 spiro atoms. The molecule has 1 unspecified atom stereocenters. The number of carbonyl (C=O) groups excluding carboxylic acids is 1. The van der Waals surface area contributed by atoms with Crippen molar-refractivity contribution in [2.24, 2.45) is 0 Å². The maximum absolute atomic E-state index is 13.6. The van der Waals surface area contributed by atoms with Crippen LogP contribution in [0.25, 0.3) is 0 Å². The summed E-state index contributed by atoms with van der Waals surface area (Å²) in [6, 6.07) is 4.02. The van der Waals surface area contributed by atoms with Gasteiger partial charge in [-0.3, -0.25) is 9.69 Å². The average molecular weight is 281 g/mol. The first-order valence-corrected chi connectivity index (χ1v) is 6.72. The standard InChI is InChI=1S/C14H20FN3O2/c1-10(9-18-4-6-20-7-5-18)17-14(19)12-3-2-11(16)8-13(12)15/h2-3,8,10H,4-7,9,16H2,1H3,(H,17,19). The Hall–Kier alpha value is -1.66. The van der Waals surface area contributed by atoms with E-state index in [-0.39, 0.29) is 11.6 Å². The second-order valence-corrected chi connectivity index (χ2v) is 5.03. The number of hydrogen-bond acceptors (Lipinski definition) is 4. The lowest BCUT2D eigenvalue weighted by atomic mass is 10.1.